The highest BCUT2D eigenvalue weighted by molar-refractivity contribution is 6.29. The molecule has 0 atom stereocenters. The lowest BCUT2D eigenvalue weighted by Gasteiger charge is -1.94. The van der Waals surface area contributed by atoms with Crippen LogP contribution in [0.4, 0.5) is 0 Å². The van der Waals surface area contributed by atoms with Crippen LogP contribution in [0.25, 0.3) is 0 Å². The molecular formula is C9H16N4O2. The van der Waals surface area contributed by atoms with E-state index in [1.807, 2.05) is 0 Å². The molecule has 6 nitrogen and oxygen atoms in total. The lowest BCUT2D eigenvalue weighted by molar-refractivity contribution is 0.322. The van der Waals surface area contributed by atoms with Gasteiger partial charge >= 0.3 is 0 Å². The second-order valence-corrected chi connectivity index (χ2v) is 2.89. The molecule has 0 saturated carbocycles. The van der Waals surface area contributed by atoms with E-state index in [1.54, 1.807) is 13.8 Å². The maximum atomic E-state index is 8.20. The topological polar surface area (TPSA) is 89.9 Å². The summed E-state index contributed by atoms with van der Waals surface area (Å²) in [6, 6.07) is 0. The second-order valence-electron chi connectivity index (χ2n) is 2.89. The molecule has 6 heteroatoms. The molecule has 0 spiro atoms. The van der Waals surface area contributed by atoms with Crippen molar-refractivity contribution in [3.05, 3.63) is 0 Å². The van der Waals surface area contributed by atoms with E-state index in [0.717, 1.165) is 6.42 Å². The van der Waals surface area contributed by atoms with Gasteiger partial charge in [0.1, 0.15) is 0 Å². The van der Waals surface area contributed by atoms with Crippen molar-refractivity contribution in [1.29, 1.82) is 0 Å². The minimum Gasteiger partial charge on any atom is -0.411 e. The van der Waals surface area contributed by atoms with Gasteiger partial charge in [0.05, 0.1) is 23.9 Å². The Bertz CT molecular complexity index is 254. The van der Waals surface area contributed by atoms with E-state index in [9.17, 15) is 0 Å². The molecule has 0 aromatic carbocycles. The summed E-state index contributed by atoms with van der Waals surface area (Å²) in [5.74, 6) is 0. The number of rotatable bonds is 6. The normalized spacial score (nSPS) is 14.3. The lowest BCUT2D eigenvalue weighted by atomic mass is 10.4. The molecule has 0 aromatic rings. The molecule has 0 aliphatic carbocycles. The Kier molecular flexibility index (Phi) is 7.84. The molecule has 2 N–H and O–H groups in total. The zero-order chi connectivity index (χ0) is 11.5. The monoisotopic (exact) mass is 212 g/mol. The zero-order valence-corrected chi connectivity index (χ0v) is 8.96. The molecule has 0 aliphatic heterocycles. The van der Waals surface area contributed by atoms with Crippen LogP contribution in [0.15, 0.2) is 20.3 Å². The van der Waals surface area contributed by atoms with Gasteiger partial charge in [-0.25, -0.2) is 0 Å². The molecule has 0 amide bonds. The summed E-state index contributed by atoms with van der Waals surface area (Å²) in [4.78, 5) is 8.22. The molecule has 0 heterocycles. The number of hydrogen-bond acceptors (Lipinski definition) is 6. The van der Waals surface area contributed by atoms with Gasteiger partial charge in [-0.15, -0.1) is 0 Å². The van der Waals surface area contributed by atoms with Crippen LogP contribution in [0.3, 0.4) is 0 Å². The quantitative estimate of drug-likeness (QED) is 0.300. The van der Waals surface area contributed by atoms with Gasteiger partial charge in [-0.05, 0) is 20.3 Å². The molecule has 0 saturated heterocycles. The van der Waals surface area contributed by atoms with Crippen LogP contribution in [0.1, 0.15) is 20.3 Å². The molecule has 0 rings (SSSR count). The molecule has 0 fully saturated rings. The molecule has 84 valence electrons. The van der Waals surface area contributed by atoms with Crippen molar-refractivity contribution >= 4 is 23.9 Å². The molecule has 15 heavy (non-hydrogen) atoms. The maximum absolute atomic E-state index is 8.20. The molecule has 0 radical (unpaired) electrons. The van der Waals surface area contributed by atoms with Gasteiger partial charge in [0.25, 0.3) is 0 Å². The average Bonchev–Trinajstić information content (AvgIpc) is 2.18. The van der Waals surface area contributed by atoms with Crippen LogP contribution in [-0.2, 0) is 0 Å². The summed E-state index contributed by atoms with van der Waals surface area (Å²) in [7, 11) is 0. The number of aliphatic imine (C=N–C) groups is 2. The van der Waals surface area contributed by atoms with E-state index in [-0.39, 0.29) is 0 Å². The van der Waals surface area contributed by atoms with Crippen molar-refractivity contribution in [2.45, 2.75) is 20.3 Å². The largest absolute Gasteiger partial charge is 0.411 e. The van der Waals surface area contributed by atoms with E-state index >= 15 is 0 Å². The van der Waals surface area contributed by atoms with E-state index in [1.165, 1.54) is 12.4 Å². The lowest BCUT2D eigenvalue weighted by Crippen LogP contribution is -1.98. The van der Waals surface area contributed by atoms with Crippen molar-refractivity contribution in [2.75, 3.05) is 13.1 Å². The first-order valence-electron chi connectivity index (χ1n) is 4.57. The van der Waals surface area contributed by atoms with E-state index in [4.69, 9.17) is 10.4 Å². The van der Waals surface area contributed by atoms with E-state index in [2.05, 4.69) is 20.3 Å². The smallest absolute Gasteiger partial charge is 0.0868 e. The van der Waals surface area contributed by atoms with Gasteiger partial charge in [0.15, 0.2) is 0 Å². The van der Waals surface area contributed by atoms with Gasteiger partial charge in [-0.2, -0.15) is 0 Å². The first-order chi connectivity index (χ1) is 7.20. The van der Waals surface area contributed by atoms with Crippen LogP contribution in [-0.4, -0.2) is 47.4 Å². The Balaban J connectivity index is 3.72. The minimum atomic E-state index is 0.630. The Labute approximate surface area is 88.7 Å². The molecule has 0 aliphatic rings. The van der Waals surface area contributed by atoms with Crippen LogP contribution >= 0.6 is 0 Å². The minimum absolute atomic E-state index is 0.630. The Morgan fingerprint density at radius 2 is 1.33 bits per heavy atom. The summed E-state index contributed by atoms with van der Waals surface area (Å²) < 4.78 is 0. The highest BCUT2D eigenvalue weighted by Crippen LogP contribution is 1.86. The van der Waals surface area contributed by atoms with Gasteiger partial charge in [0.2, 0.25) is 0 Å². The van der Waals surface area contributed by atoms with Crippen LogP contribution < -0.4 is 0 Å². The van der Waals surface area contributed by atoms with Crippen molar-refractivity contribution in [2.24, 2.45) is 20.3 Å². The van der Waals surface area contributed by atoms with E-state index < -0.39 is 0 Å². The van der Waals surface area contributed by atoms with Gasteiger partial charge in [0, 0.05) is 13.1 Å². The fourth-order valence-electron chi connectivity index (χ4n) is 0.830. The third kappa shape index (κ3) is 8.61. The standard InChI is InChI=1S/C9H16N4O2/c1-8(6-12-14)10-4-3-5-11-9(2)7-13-15/h6-7,14-15H,3-5H2,1-2H3/b10-8?,11-9?,12-6+,13-7+. The zero-order valence-electron chi connectivity index (χ0n) is 8.96. The number of nitrogens with zero attached hydrogens (tertiary/aromatic N) is 4. The van der Waals surface area contributed by atoms with Gasteiger partial charge in [-0.1, -0.05) is 10.3 Å². The first kappa shape index (κ1) is 13.3. The second kappa shape index (κ2) is 8.86. The summed E-state index contributed by atoms with van der Waals surface area (Å²) in [5, 5.41) is 22.1. The van der Waals surface area contributed by atoms with Crippen molar-refractivity contribution in [3.63, 3.8) is 0 Å². The van der Waals surface area contributed by atoms with Crippen molar-refractivity contribution in [3.8, 4) is 0 Å². The maximum Gasteiger partial charge on any atom is 0.0868 e. The van der Waals surface area contributed by atoms with Crippen LogP contribution in [0.5, 0.6) is 0 Å². The van der Waals surface area contributed by atoms with E-state index in [0.29, 0.717) is 24.5 Å². The fourth-order valence-corrected chi connectivity index (χ4v) is 0.830. The average molecular weight is 212 g/mol. The van der Waals surface area contributed by atoms with Gasteiger partial charge < -0.3 is 10.4 Å². The summed E-state index contributed by atoms with van der Waals surface area (Å²) >= 11 is 0. The molecule has 0 bridgehead atoms. The Hall–Kier alpha value is -1.72. The predicted molar refractivity (Wildman–Crippen MR) is 61.1 cm³/mol. The van der Waals surface area contributed by atoms with Gasteiger partial charge in [-0.3, -0.25) is 9.98 Å². The van der Waals surface area contributed by atoms with Crippen molar-refractivity contribution < 1.29 is 10.4 Å². The molecule has 0 aromatic heterocycles. The number of hydrogen-bond donors (Lipinski definition) is 2. The summed E-state index contributed by atoms with van der Waals surface area (Å²) in [6.45, 7) is 4.77. The fraction of sp³-hybridized carbons (Fsp3) is 0.556. The van der Waals surface area contributed by atoms with Crippen LogP contribution in [0.2, 0.25) is 0 Å². The first-order valence-corrected chi connectivity index (χ1v) is 4.57. The highest BCUT2D eigenvalue weighted by Gasteiger charge is 1.88. The summed E-state index contributed by atoms with van der Waals surface area (Å²) in [5.41, 5.74) is 1.35. The SMILES string of the molecule is CC(/C=N/O)=NCCCN=C(C)/C=N/O. The molecule has 0 unspecified atom stereocenters. The predicted octanol–water partition coefficient (Wildman–Crippen LogP) is 1.22. The Morgan fingerprint density at radius 3 is 1.67 bits per heavy atom. The Morgan fingerprint density at radius 1 is 0.933 bits per heavy atom. The van der Waals surface area contributed by atoms with Crippen molar-refractivity contribution in [1.82, 2.24) is 0 Å². The van der Waals surface area contributed by atoms with Crippen LogP contribution in [0, 0.1) is 0 Å². The number of oxime groups is 2. The third-order valence-electron chi connectivity index (χ3n) is 1.53. The third-order valence-corrected chi connectivity index (χ3v) is 1.53. The highest BCUT2D eigenvalue weighted by atomic mass is 16.4. The molecular weight excluding hydrogens is 196 g/mol. The summed E-state index contributed by atoms with van der Waals surface area (Å²) in [6.07, 6.45) is 3.37.